The normalized spacial score (nSPS) is 11.4. The average Bonchev–Trinajstić information content (AvgIpc) is 2.84. The van der Waals surface area contributed by atoms with E-state index in [0.717, 1.165) is 12.8 Å². The molecular formula is C31H52O4. The zero-order valence-electron chi connectivity index (χ0n) is 23.2. The Morgan fingerprint density at radius 2 is 1.03 bits per heavy atom. The summed E-state index contributed by atoms with van der Waals surface area (Å²) in [5, 5.41) is 0. The third-order valence-corrected chi connectivity index (χ3v) is 6.20. The van der Waals surface area contributed by atoms with E-state index in [-0.39, 0.29) is 11.4 Å². The molecule has 1 aromatic rings. The molecule has 0 heterocycles. The maximum absolute atomic E-state index is 12.3. The first kappa shape index (κ1) is 31.2. The van der Waals surface area contributed by atoms with Gasteiger partial charge in [-0.05, 0) is 30.0 Å². The molecule has 1 aromatic carbocycles. The third kappa shape index (κ3) is 17.3. The van der Waals surface area contributed by atoms with Gasteiger partial charge in [0.25, 0.3) is 0 Å². The summed E-state index contributed by atoms with van der Waals surface area (Å²) in [7, 11) is 0. The molecular weight excluding hydrogens is 436 g/mol. The van der Waals surface area contributed by atoms with Crippen LogP contribution in [-0.2, 0) is 9.47 Å². The Morgan fingerprint density at radius 1 is 0.629 bits per heavy atom. The summed E-state index contributed by atoms with van der Waals surface area (Å²) in [6, 6.07) is 6.59. The maximum Gasteiger partial charge on any atom is 0.338 e. The molecule has 0 N–H and O–H groups in total. The number of hydrogen-bond acceptors (Lipinski definition) is 4. The van der Waals surface area contributed by atoms with E-state index in [1.807, 2.05) is 20.8 Å². The van der Waals surface area contributed by atoms with Gasteiger partial charge in [-0.1, -0.05) is 130 Å². The van der Waals surface area contributed by atoms with Gasteiger partial charge >= 0.3 is 11.9 Å². The highest BCUT2D eigenvalue weighted by atomic mass is 16.5. The van der Waals surface area contributed by atoms with E-state index in [9.17, 15) is 9.59 Å². The fourth-order valence-corrected chi connectivity index (χ4v) is 4.04. The quantitative estimate of drug-likeness (QED) is 0.135. The standard InChI is InChI=1S/C31H52O4/c1-5-6-7-8-9-10-11-12-13-14-15-16-17-18-19-20-24-34-29(32)27-22-21-23-28(25-27)30(33)35-26-31(2,3)4/h21-23,25H,5-20,24,26H2,1-4H3. The molecule has 0 saturated carbocycles. The van der Waals surface area contributed by atoms with Gasteiger partial charge in [0.15, 0.2) is 0 Å². The SMILES string of the molecule is CCCCCCCCCCCCCCCCCCOC(=O)c1cccc(C(=O)OCC(C)(C)C)c1. The van der Waals surface area contributed by atoms with E-state index in [1.54, 1.807) is 24.3 Å². The van der Waals surface area contributed by atoms with Gasteiger partial charge in [0.1, 0.15) is 0 Å². The zero-order chi connectivity index (χ0) is 25.8. The number of hydrogen-bond donors (Lipinski definition) is 0. The van der Waals surface area contributed by atoms with Crippen LogP contribution < -0.4 is 0 Å². The molecule has 0 bridgehead atoms. The van der Waals surface area contributed by atoms with Gasteiger partial charge in [-0.2, -0.15) is 0 Å². The van der Waals surface area contributed by atoms with E-state index in [2.05, 4.69) is 6.92 Å². The molecule has 0 unspecified atom stereocenters. The first-order chi connectivity index (χ1) is 16.8. The molecule has 0 fully saturated rings. The number of rotatable bonds is 20. The van der Waals surface area contributed by atoms with E-state index in [1.165, 1.54) is 89.9 Å². The Hall–Kier alpha value is -1.84. The van der Waals surface area contributed by atoms with Crippen LogP contribution in [0.5, 0.6) is 0 Å². The predicted molar refractivity (Wildman–Crippen MR) is 146 cm³/mol. The molecule has 35 heavy (non-hydrogen) atoms. The van der Waals surface area contributed by atoms with Crippen LogP contribution in [0.2, 0.25) is 0 Å². The Balaban J connectivity index is 2.01. The van der Waals surface area contributed by atoms with Crippen molar-refractivity contribution in [2.45, 2.75) is 130 Å². The van der Waals surface area contributed by atoms with Crippen LogP contribution in [0.3, 0.4) is 0 Å². The molecule has 200 valence electrons. The Kier molecular flexibility index (Phi) is 17.3. The lowest BCUT2D eigenvalue weighted by molar-refractivity contribution is 0.0367. The maximum atomic E-state index is 12.3. The highest BCUT2D eigenvalue weighted by Crippen LogP contribution is 2.16. The number of benzene rings is 1. The summed E-state index contributed by atoms with van der Waals surface area (Å²) in [4.78, 5) is 24.5. The van der Waals surface area contributed by atoms with Crippen LogP contribution in [-0.4, -0.2) is 25.2 Å². The number of ether oxygens (including phenoxy) is 2. The van der Waals surface area contributed by atoms with Crippen molar-refractivity contribution in [2.24, 2.45) is 5.41 Å². The van der Waals surface area contributed by atoms with Gasteiger partial charge in [0.05, 0.1) is 24.3 Å². The number of carbonyl (C=O) groups is 2. The first-order valence-electron chi connectivity index (χ1n) is 14.3. The van der Waals surface area contributed by atoms with Gasteiger partial charge in [-0.3, -0.25) is 0 Å². The van der Waals surface area contributed by atoms with Crippen LogP contribution in [0.1, 0.15) is 151 Å². The molecule has 0 amide bonds. The lowest BCUT2D eigenvalue weighted by Gasteiger charge is -2.17. The van der Waals surface area contributed by atoms with Crippen molar-refractivity contribution < 1.29 is 19.1 Å². The second-order valence-electron chi connectivity index (χ2n) is 11.2. The van der Waals surface area contributed by atoms with Gasteiger partial charge in [-0.15, -0.1) is 0 Å². The number of carbonyl (C=O) groups excluding carboxylic acids is 2. The highest BCUT2D eigenvalue weighted by Gasteiger charge is 2.16. The fourth-order valence-electron chi connectivity index (χ4n) is 4.04. The van der Waals surface area contributed by atoms with Gasteiger partial charge in [0.2, 0.25) is 0 Å². The lowest BCUT2D eigenvalue weighted by Crippen LogP contribution is -2.18. The molecule has 4 nitrogen and oxygen atoms in total. The van der Waals surface area contributed by atoms with Gasteiger partial charge in [-0.25, -0.2) is 9.59 Å². The van der Waals surface area contributed by atoms with Crippen molar-refractivity contribution in [3.8, 4) is 0 Å². The first-order valence-corrected chi connectivity index (χ1v) is 14.3. The predicted octanol–water partition coefficient (Wildman–Crippen LogP) is 9.31. The summed E-state index contributed by atoms with van der Waals surface area (Å²) in [5.41, 5.74) is 0.678. The van der Waals surface area contributed by atoms with E-state index in [0.29, 0.717) is 24.3 Å². The van der Waals surface area contributed by atoms with Crippen molar-refractivity contribution in [1.29, 1.82) is 0 Å². The van der Waals surface area contributed by atoms with Gasteiger partial charge in [0, 0.05) is 0 Å². The van der Waals surface area contributed by atoms with Crippen molar-refractivity contribution in [3.63, 3.8) is 0 Å². The second kappa shape index (κ2) is 19.4. The van der Waals surface area contributed by atoms with Crippen molar-refractivity contribution in [2.75, 3.05) is 13.2 Å². The largest absolute Gasteiger partial charge is 0.462 e. The summed E-state index contributed by atoms with van der Waals surface area (Å²) in [5.74, 6) is -0.788. The second-order valence-corrected chi connectivity index (χ2v) is 11.2. The number of esters is 2. The molecule has 4 heteroatoms. The molecule has 0 radical (unpaired) electrons. The topological polar surface area (TPSA) is 52.6 Å². The zero-order valence-corrected chi connectivity index (χ0v) is 23.2. The minimum Gasteiger partial charge on any atom is -0.462 e. The monoisotopic (exact) mass is 488 g/mol. The van der Waals surface area contributed by atoms with Crippen LogP contribution in [0.25, 0.3) is 0 Å². The molecule has 0 aromatic heterocycles. The van der Waals surface area contributed by atoms with E-state index >= 15 is 0 Å². The Bertz CT molecular complexity index is 689. The van der Waals surface area contributed by atoms with E-state index < -0.39 is 5.97 Å². The van der Waals surface area contributed by atoms with Crippen LogP contribution in [0, 0.1) is 5.41 Å². The summed E-state index contributed by atoms with van der Waals surface area (Å²) >= 11 is 0. The molecule has 0 aliphatic rings. The Morgan fingerprint density at radius 3 is 1.46 bits per heavy atom. The molecule has 0 atom stereocenters. The highest BCUT2D eigenvalue weighted by molar-refractivity contribution is 5.95. The smallest absolute Gasteiger partial charge is 0.338 e. The van der Waals surface area contributed by atoms with Crippen LogP contribution in [0.15, 0.2) is 24.3 Å². The average molecular weight is 489 g/mol. The number of unbranched alkanes of at least 4 members (excludes halogenated alkanes) is 15. The van der Waals surface area contributed by atoms with Crippen molar-refractivity contribution in [1.82, 2.24) is 0 Å². The fraction of sp³-hybridized carbons (Fsp3) is 0.742. The summed E-state index contributed by atoms with van der Waals surface area (Å²) in [6.07, 6.45) is 21.1. The molecule has 0 aliphatic heterocycles. The molecule has 0 aliphatic carbocycles. The third-order valence-electron chi connectivity index (χ3n) is 6.20. The molecule has 0 spiro atoms. The van der Waals surface area contributed by atoms with Crippen molar-refractivity contribution >= 4 is 11.9 Å². The van der Waals surface area contributed by atoms with Crippen LogP contribution in [0.4, 0.5) is 0 Å². The van der Waals surface area contributed by atoms with Gasteiger partial charge < -0.3 is 9.47 Å². The molecule has 0 saturated heterocycles. The minimum atomic E-state index is -0.410. The molecule has 1 rings (SSSR count). The van der Waals surface area contributed by atoms with Crippen molar-refractivity contribution in [3.05, 3.63) is 35.4 Å². The summed E-state index contributed by atoms with van der Waals surface area (Å²) in [6.45, 7) is 9.05. The Labute approximate surface area is 215 Å². The minimum absolute atomic E-state index is 0.0981. The lowest BCUT2D eigenvalue weighted by atomic mass is 9.99. The summed E-state index contributed by atoms with van der Waals surface area (Å²) < 4.78 is 10.7. The van der Waals surface area contributed by atoms with E-state index in [4.69, 9.17) is 9.47 Å². The van der Waals surface area contributed by atoms with Crippen LogP contribution >= 0.6 is 0 Å².